The third kappa shape index (κ3) is 4.52. The standard InChI is InChI=1S/C15H11ClFN3O3/c16-12-6-5-11(9-14(12)20(22)23)19-15(21)18-8-7-10-3-1-2-4-13(10)17/h1-9H,(H2,18,19,21)/b8-7+. The Labute approximate surface area is 135 Å². The zero-order valence-electron chi connectivity index (χ0n) is 11.6. The molecule has 6 nitrogen and oxygen atoms in total. The number of halogens is 2. The van der Waals surface area contributed by atoms with Crippen molar-refractivity contribution in [1.29, 1.82) is 0 Å². The van der Waals surface area contributed by atoms with E-state index in [1.807, 2.05) is 0 Å². The van der Waals surface area contributed by atoms with Gasteiger partial charge in [0.15, 0.2) is 0 Å². The van der Waals surface area contributed by atoms with Crippen molar-refractivity contribution in [2.75, 3.05) is 5.32 Å². The SMILES string of the molecule is O=C(N/C=C/c1ccccc1F)Nc1ccc(Cl)c([N+](=O)[O-])c1. The van der Waals surface area contributed by atoms with Crippen LogP contribution in [0.2, 0.25) is 5.02 Å². The van der Waals surface area contributed by atoms with E-state index in [2.05, 4.69) is 10.6 Å². The first-order chi connectivity index (χ1) is 11.0. The minimum atomic E-state index is -0.649. The molecule has 0 atom stereocenters. The molecule has 0 saturated carbocycles. The summed E-state index contributed by atoms with van der Waals surface area (Å²) < 4.78 is 13.4. The number of hydrogen-bond acceptors (Lipinski definition) is 3. The van der Waals surface area contributed by atoms with Crippen LogP contribution in [0.4, 0.5) is 20.6 Å². The fourth-order valence-electron chi connectivity index (χ4n) is 1.71. The molecule has 2 N–H and O–H groups in total. The second-order valence-electron chi connectivity index (χ2n) is 4.38. The molecule has 0 heterocycles. The second kappa shape index (κ2) is 7.37. The van der Waals surface area contributed by atoms with Crippen molar-refractivity contribution in [1.82, 2.24) is 5.32 Å². The van der Waals surface area contributed by atoms with Crippen LogP contribution < -0.4 is 10.6 Å². The minimum absolute atomic E-state index is 0.0274. The molecule has 0 saturated heterocycles. The molecule has 8 heteroatoms. The summed E-state index contributed by atoms with van der Waals surface area (Å²) in [5.41, 5.74) is 0.208. The number of urea groups is 1. The van der Waals surface area contributed by atoms with Gasteiger partial charge in [-0.05, 0) is 24.3 Å². The van der Waals surface area contributed by atoms with Crippen LogP contribution in [0.15, 0.2) is 48.7 Å². The van der Waals surface area contributed by atoms with Crippen molar-refractivity contribution >= 4 is 35.1 Å². The largest absolute Gasteiger partial charge is 0.323 e. The number of nitro benzene ring substituents is 1. The lowest BCUT2D eigenvalue weighted by molar-refractivity contribution is -0.384. The summed E-state index contributed by atoms with van der Waals surface area (Å²) in [6.45, 7) is 0. The highest BCUT2D eigenvalue weighted by Crippen LogP contribution is 2.27. The smallest absolute Gasteiger partial charge is 0.314 e. The lowest BCUT2D eigenvalue weighted by atomic mass is 10.2. The molecule has 23 heavy (non-hydrogen) atoms. The maximum Gasteiger partial charge on any atom is 0.323 e. The molecule has 0 aromatic heterocycles. The number of hydrogen-bond donors (Lipinski definition) is 2. The van der Waals surface area contributed by atoms with Crippen LogP contribution in [-0.2, 0) is 0 Å². The van der Waals surface area contributed by atoms with E-state index in [1.165, 1.54) is 30.5 Å². The Balaban J connectivity index is 1.99. The third-order valence-corrected chi connectivity index (χ3v) is 3.10. The molecule has 0 unspecified atom stereocenters. The first-order valence-electron chi connectivity index (χ1n) is 6.40. The van der Waals surface area contributed by atoms with E-state index in [0.717, 1.165) is 6.07 Å². The van der Waals surface area contributed by atoms with E-state index in [-0.39, 0.29) is 16.4 Å². The van der Waals surface area contributed by atoms with E-state index in [9.17, 15) is 19.3 Å². The van der Waals surface area contributed by atoms with Gasteiger partial charge in [-0.3, -0.25) is 10.1 Å². The lowest BCUT2D eigenvalue weighted by Gasteiger charge is -2.05. The summed E-state index contributed by atoms with van der Waals surface area (Å²) >= 11 is 5.68. The number of nitrogens with one attached hydrogen (secondary N) is 2. The van der Waals surface area contributed by atoms with Gasteiger partial charge in [0.1, 0.15) is 10.8 Å². The summed E-state index contributed by atoms with van der Waals surface area (Å²) in [6.07, 6.45) is 2.65. The van der Waals surface area contributed by atoms with Crippen molar-refractivity contribution in [2.24, 2.45) is 0 Å². The van der Waals surface area contributed by atoms with Gasteiger partial charge in [-0.25, -0.2) is 9.18 Å². The highest BCUT2D eigenvalue weighted by molar-refractivity contribution is 6.32. The Morgan fingerprint density at radius 3 is 2.70 bits per heavy atom. The summed E-state index contributed by atoms with van der Waals surface area (Å²) in [6, 6.07) is 9.31. The average molecular weight is 336 g/mol. The second-order valence-corrected chi connectivity index (χ2v) is 4.78. The summed E-state index contributed by atoms with van der Waals surface area (Å²) in [4.78, 5) is 21.8. The molecule has 0 fully saturated rings. The summed E-state index contributed by atoms with van der Waals surface area (Å²) in [7, 11) is 0. The van der Waals surface area contributed by atoms with Gasteiger partial charge in [-0.2, -0.15) is 0 Å². The number of rotatable bonds is 4. The van der Waals surface area contributed by atoms with Crippen molar-refractivity contribution in [3.8, 4) is 0 Å². The lowest BCUT2D eigenvalue weighted by Crippen LogP contribution is -2.23. The van der Waals surface area contributed by atoms with Crippen LogP contribution in [0.1, 0.15) is 5.56 Å². The molecule has 0 aliphatic carbocycles. The molecule has 0 aliphatic rings. The maximum absolute atomic E-state index is 13.4. The van der Waals surface area contributed by atoms with E-state index in [1.54, 1.807) is 18.2 Å². The molecular weight excluding hydrogens is 325 g/mol. The quantitative estimate of drug-likeness (QED) is 0.649. The zero-order valence-corrected chi connectivity index (χ0v) is 12.4. The molecule has 0 bridgehead atoms. The van der Waals surface area contributed by atoms with E-state index in [4.69, 9.17) is 11.6 Å². The highest BCUT2D eigenvalue weighted by Gasteiger charge is 2.13. The van der Waals surface area contributed by atoms with Crippen molar-refractivity contribution < 1.29 is 14.1 Å². The predicted octanol–water partition coefficient (Wildman–Crippen LogP) is 4.18. The molecular formula is C15H11ClFN3O3. The fourth-order valence-corrected chi connectivity index (χ4v) is 1.90. The average Bonchev–Trinajstić information content (AvgIpc) is 2.51. The number of benzene rings is 2. The summed E-state index contributed by atoms with van der Waals surface area (Å²) in [5.74, 6) is -0.417. The Kier molecular flexibility index (Phi) is 5.27. The molecule has 0 radical (unpaired) electrons. The van der Waals surface area contributed by atoms with Gasteiger partial charge in [-0.1, -0.05) is 29.8 Å². The van der Waals surface area contributed by atoms with Gasteiger partial charge in [0.05, 0.1) is 4.92 Å². The first kappa shape index (κ1) is 16.4. The van der Waals surface area contributed by atoms with Crippen LogP contribution in [0.25, 0.3) is 6.08 Å². The minimum Gasteiger partial charge on any atom is -0.314 e. The van der Waals surface area contributed by atoms with Gasteiger partial charge in [0, 0.05) is 23.5 Å². The number of anilines is 1. The molecule has 2 aromatic carbocycles. The maximum atomic E-state index is 13.4. The molecule has 2 aromatic rings. The Morgan fingerprint density at radius 2 is 2.00 bits per heavy atom. The van der Waals surface area contributed by atoms with Crippen LogP contribution in [0, 0.1) is 15.9 Å². The summed E-state index contributed by atoms with van der Waals surface area (Å²) in [5, 5.41) is 15.5. The van der Waals surface area contributed by atoms with Gasteiger partial charge >= 0.3 is 6.03 Å². The van der Waals surface area contributed by atoms with Gasteiger partial charge < -0.3 is 10.6 Å². The van der Waals surface area contributed by atoms with Crippen molar-refractivity contribution in [2.45, 2.75) is 0 Å². The van der Waals surface area contributed by atoms with Crippen molar-refractivity contribution in [3.63, 3.8) is 0 Å². The molecule has 2 rings (SSSR count). The monoisotopic (exact) mass is 335 g/mol. The first-order valence-corrected chi connectivity index (χ1v) is 6.77. The van der Waals surface area contributed by atoms with Gasteiger partial charge in [0.25, 0.3) is 5.69 Å². The molecule has 2 amide bonds. The number of carbonyl (C=O) groups excluding carboxylic acids is 1. The van der Waals surface area contributed by atoms with E-state index >= 15 is 0 Å². The predicted molar refractivity (Wildman–Crippen MR) is 85.7 cm³/mol. The Morgan fingerprint density at radius 1 is 1.26 bits per heavy atom. The van der Waals surface area contributed by atoms with E-state index < -0.39 is 16.8 Å². The Bertz CT molecular complexity index is 780. The molecule has 0 aliphatic heterocycles. The third-order valence-electron chi connectivity index (χ3n) is 2.78. The van der Waals surface area contributed by atoms with Gasteiger partial charge in [-0.15, -0.1) is 0 Å². The topological polar surface area (TPSA) is 84.3 Å². The van der Waals surface area contributed by atoms with E-state index in [0.29, 0.717) is 5.56 Å². The fraction of sp³-hybridized carbons (Fsp3) is 0. The zero-order chi connectivity index (χ0) is 16.8. The van der Waals surface area contributed by atoms with Crippen LogP contribution in [0.5, 0.6) is 0 Å². The normalized spacial score (nSPS) is 10.5. The number of carbonyl (C=O) groups is 1. The highest BCUT2D eigenvalue weighted by atomic mass is 35.5. The number of nitro groups is 1. The molecule has 0 spiro atoms. The van der Waals surface area contributed by atoms with Gasteiger partial charge in [0.2, 0.25) is 0 Å². The van der Waals surface area contributed by atoms with Crippen molar-refractivity contribution in [3.05, 3.63) is 75.2 Å². The van der Waals surface area contributed by atoms with Crippen LogP contribution >= 0.6 is 11.6 Å². The Hall–Kier alpha value is -2.93. The van der Waals surface area contributed by atoms with Crippen LogP contribution in [0.3, 0.4) is 0 Å². The van der Waals surface area contributed by atoms with Crippen LogP contribution in [-0.4, -0.2) is 11.0 Å². The number of nitrogens with zero attached hydrogens (tertiary/aromatic N) is 1. The molecule has 118 valence electrons. The number of amides is 2.